The van der Waals surface area contributed by atoms with E-state index in [-0.39, 0.29) is 6.04 Å². The predicted octanol–water partition coefficient (Wildman–Crippen LogP) is 3.42. The van der Waals surface area contributed by atoms with E-state index in [1.807, 2.05) is 13.0 Å². The Balaban J connectivity index is 2.38. The molecule has 0 saturated heterocycles. The molecule has 90 valence electrons. The van der Waals surface area contributed by atoms with E-state index in [0.29, 0.717) is 0 Å². The summed E-state index contributed by atoms with van der Waals surface area (Å²) in [6.07, 6.45) is 0. The Labute approximate surface area is 106 Å². The lowest BCUT2D eigenvalue weighted by molar-refractivity contribution is 0.411. The maximum absolute atomic E-state index is 6.29. The van der Waals surface area contributed by atoms with Crippen molar-refractivity contribution in [3.8, 4) is 5.75 Å². The summed E-state index contributed by atoms with van der Waals surface area (Å²) >= 11 is 1.70. The van der Waals surface area contributed by atoms with E-state index in [1.54, 1.807) is 18.4 Å². The number of aryl methyl sites for hydroxylation is 2. The Hall–Kier alpha value is -1.32. The fourth-order valence-corrected chi connectivity index (χ4v) is 2.84. The molecule has 1 aromatic heterocycles. The summed E-state index contributed by atoms with van der Waals surface area (Å²) in [5, 5.41) is 2.08. The van der Waals surface area contributed by atoms with Gasteiger partial charge in [0.25, 0.3) is 0 Å². The molecule has 0 aliphatic heterocycles. The van der Waals surface area contributed by atoms with Gasteiger partial charge < -0.3 is 10.5 Å². The number of rotatable bonds is 3. The van der Waals surface area contributed by atoms with Gasteiger partial charge in [-0.3, -0.25) is 0 Å². The molecule has 0 saturated carbocycles. The average molecular weight is 247 g/mol. The van der Waals surface area contributed by atoms with Crippen LogP contribution in [0.1, 0.15) is 27.6 Å². The van der Waals surface area contributed by atoms with Gasteiger partial charge in [0.05, 0.1) is 13.2 Å². The average Bonchev–Trinajstić information content (AvgIpc) is 2.75. The molecule has 0 radical (unpaired) electrons. The minimum atomic E-state index is -0.0653. The van der Waals surface area contributed by atoms with Gasteiger partial charge in [0.1, 0.15) is 5.75 Å². The summed E-state index contributed by atoms with van der Waals surface area (Å²) in [5.41, 5.74) is 9.77. The maximum atomic E-state index is 6.29. The van der Waals surface area contributed by atoms with Crippen LogP contribution < -0.4 is 10.5 Å². The zero-order valence-corrected chi connectivity index (χ0v) is 11.2. The van der Waals surface area contributed by atoms with Gasteiger partial charge in [-0.2, -0.15) is 0 Å². The Morgan fingerprint density at radius 3 is 2.53 bits per heavy atom. The van der Waals surface area contributed by atoms with E-state index >= 15 is 0 Å². The minimum Gasteiger partial charge on any atom is -0.496 e. The van der Waals surface area contributed by atoms with Gasteiger partial charge in [0.15, 0.2) is 0 Å². The Bertz CT molecular complexity index is 519. The molecule has 0 aliphatic carbocycles. The van der Waals surface area contributed by atoms with Crippen LogP contribution in [-0.4, -0.2) is 7.11 Å². The van der Waals surface area contributed by atoms with Crippen molar-refractivity contribution < 1.29 is 4.74 Å². The molecular weight excluding hydrogens is 230 g/mol. The van der Waals surface area contributed by atoms with Crippen LogP contribution in [0.15, 0.2) is 29.6 Å². The van der Waals surface area contributed by atoms with E-state index in [0.717, 1.165) is 16.9 Å². The van der Waals surface area contributed by atoms with Crippen molar-refractivity contribution in [1.29, 1.82) is 0 Å². The van der Waals surface area contributed by atoms with Gasteiger partial charge in [-0.15, -0.1) is 11.3 Å². The Kier molecular flexibility index (Phi) is 3.50. The molecule has 2 aromatic rings. The number of hydrogen-bond acceptors (Lipinski definition) is 3. The first-order valence-electron chi connectivity index (χ1n) is 5.57. The quantitative estimate of drug-likeness (QED) is 0.902. The first kappa shape index (κ1) is 12.1. The molecule has 17 heavy (non-hydrogen) atoms. The summed E-state index contributed by atoms with van der Waals surface area (Å²) < 4.78 is 5.33. The van der Waals surface area contributed by atoms with Crippen LogP contribution in [-0.2, 0) is 0 Å². The number of methoxy groups -OCH3 is 1. The topological polar surface area (TPSA) is 35.2 Å². The highest BCUT2D eigenvalue weighted by Crippen LogP contribution is 2.30. The molecule has 0 bridgehead atoms. The Morgan fingerprint density at radius 2 is 1.94 bits per heavy atom. The van der Waals surface area contributed by atoms with Gasteiger partial charge in [0, 0.05) is 4.88 Å². The smallest absolute Gasteiger partial charge is 0.122 e. The van der Waals surface area contributed by atoms with E-state index in [1.165, 1.54) is 10.4 Å². The molecule has 2 N–H and O–H groups in total. The van der Waals surface area contributed by atoms with Crippen molar-refractivity contribution in [2.75, 3.05) is 7.11 Å². The van der Waals surface area contributed by atoms with Gasteiger partial charge in [-0.05, 0) is 48.1 Å². The van der Waals surface area contributed by atoms with Crippen LogP contribution in [0.5, 0.6) is 5.75 Å². The highest BCUT2D eigenvalue weighted by molar-refractivity contribution is 7.10. The standard InChI is InChI=1S/C14H17NOS/c1-9-4-5-11(8-12(9)16-3)13(15)14-10(2)6-7-17-14/h4-8,13H,15H2,1-3H3. The van der Waals surface area contributed by atoms with Crippen molar-refractivity contribution in [3.05, 3.63) is 51.2 Å². The lowest BCUT2D eigenvalue weighted by Crippen LogP contribution is -2.11. The minimum absolute atomic E-state index is 0.0653. The number of benzene rings is 1. The lowest BCUT2D eigenvalue weighted by Gasteiger charge is -2.14. The first-order valence-corrected chi connectivity index (χ1v) is 6.45. The number of thiophene rings is 1. The number of hydrogen-bond donors (Lipinski definition) is 1. The van der Waals surface area contributed by atoms with E-state index in [9.17, 15) is 0 Å². The highest BCUT2D eigenvalue weighted by Gasteiger charge is 2.14. The fourth-order valence-electron chi connectivity index (χ4n) is 1.88. The number of nitrogens with two attached hydrogens (primary N) is 1. The van der Waals surface area contributed by atoms with Crippen molar-refractivity contribution >= 4 is 11.3 Å². The molecule has 0 amide bonds. The van der Waals surface area contributed by atoms with Gasteiger partial charge in [-0.1, -0.05) is 12.1 Å². The van der Waals surface area contributed by atoms with E-state index in [2.05, 4.69) is 30.5 Å². The van der Waals surface area contributed by atoms with Gasteiger partial charge >= 0.3 is 0 Å². The summed E-state index contributed by atoms with van der Waals surface area (Å²) in [4.78, 5) is 1.22. The first-order chi connectivity index (χ1) is 8.13. The second kappa shape index (κ2) is 4.90. The molecule has 0 fully saturated rings. The van der Waals surface area contributed by atoms with Crippen molar-refractivity contribution in [3.63, 3.8) is 0 Å². The highest BCUT2D eigenvalue weighted by atomic mass is 32.1. The van der Waals surface area contributed by atoms with E-state index < -0.39 is 0 Å². The van der Waals surface area contributed by atoms with Crippen LogP contribution in [0.25, 0.3) is 0 Å². The number of ether oxygens (including phenoxy) is 1. The van der Waals surface area contributed by atoms with Crippen molar-refractivity contribution in [1.82, 2.24) is 0 Å². The zero-order chi connectivity index (χ0) is 12.4. The van der Waals surface area contributed by atoms with Crippen LogP contribution in [0.2, 0.25) is 0 Å². The predicted molar refractivity (Wildman–Crippen MR) is 72.8 cm³/mol. The van der Waals surface area contributed by atoms with Crippen LogP contribution in [0.3, 0.4) is 0 Å². The second-order valence-corrected chi connectivity index (χ2v) is 5.12. The van der Waals surface area contributed by atoms with Crippen LogP contribution >= 0.6 is 11.3 Å². The monoisotopic (exact) mass is 247 g/mol. The summed E-state index contributed by atoms with van der Waals surface area (Å²) in [6, 6.07) is 8.19. The fraction of sp³-hybridized carbons (Fsp3) is 0.286. The molecule has 1 unspecified atom stereocenters. The lowest BCUT2D eigenvalue weighted by atomic mass is 10.0. The van der Waals surface area contributed by atoms with E-state index in [4.69, 9.17) is 10.5 Å². The molecule has 1 aromatic carbocycles. The molecule has 2 rings (SSSR count). The molecule has 2 nitrogen and oxygen atoms in total. The summed E-state index contributed by atoms with van der Waals surface area (Å²) in [6.45, 7) is 4.13. The SMILES string of the molecule is COc1cc(C(N)c2sccc2C)ccc1C. The summed E-state index contributed by atoms with van der Waals surface area (Å²) in [5.74, 6) is 0.896. The normalized spacial score (nSPS) is 12.5. The molecule has 0 aliphatic rings. The van der Waals surface area contributed by atoms with Gasteiger partial charge in [0.2, 0.25) is 0 Å². The molecular formula is C14H17NOS. The second-order valence-electron chi connectivity index (χ2n) is 4.17. The largest absolute Gasteiger partial charge is 0.496 e. The van der Waals surface area contributed by atoms with Crippen LogP contribution in [0, 0.1) is 13.8 Å². The van der Waals surface area contributed by atoms with Crippen LogP contribution in [0.4, 0.5) is 0 Å². The molecule has 0 spiro atoms. The zero-order valence-electron chi connectivity index (χ0n) is 10.4. The van der Waals surface area contributed by atoms with Crippen molar-refractivity contribution in [2.24, 2.45) is 5.73 Å². The third-order valence-electron chi connectivity index (χ3n) is 2.98. The van der Waals surface area contributed by atoms with Gasteiger partial charge in [-0.25, -0.2) is 0 Å². The maximum Gasteiger partial charge on any atom is 0.122 e. The Morgan fingerprint density at radius 1 is 1.18 bits per heavy atom. The third-order valence-corrected chi connectivity index (χ3v) is 4.08. The van der Waals surface area contributed by atoms with Crippen molar-refractivity contribution in [2.45, 2.75) is 19.9 Å². The summed E-state index contributed by atoms with van der Waals surface area (Å²) in [7, 11) is 1.69. The third kappa shape index (κ3) is 2.35. The molecule has 1 atom stereocenters. The molecule has 3 heteroatoms. The molecule has 1 heterocycles.